The summed E-state index contributed by atoms with van der Waals surface area (Å²) in [7, 11) is 0. The number of nitro groups is 1. The van der Waals surface area contributed by atoms with E-state index in [-0.39, 0.29) is 5.82 Å². The number of hydrogen-bond donors (Lipinski definition) is 2. The quantitative estimate of drug-likeness (QED) is 0.280. The van der Waals surface area contributed by atoms with Crippen molar-refractivity contribution in [2.75, 3.05) is 11.6 Å². The van der Waals surface area contributed by atoms with Crippen LogP contribution in [0, 0.1) is 10.1 Å². The van der Waals surface area contributed by atoms with Crippen molar-refractivity contribution in [1.82, 2.24) is 15.1 Å². The van der Waals surface area contributed by atoms with Gasteiger partial charge in [-0.05, 0) is 4.92 Å². The Kier molecular flexibility index (Phi) is 1.14. The zero-order valence-electron chi connectivity index (χ0n) is 4.76. The van der Waals surface area contributed by atoms with Crippen LogP contribution >= 0.6 is 0 Å². The molecular formula is C2H4N6O2. The molecule has 0 saturated carbocycles. The first-order chi connectivity index (χ1) is 4.61. The van der Waals surface area contributed by atoms with Crippen molar-refractivity contribution in [2.24, 2.45) is 0 Å². The smallest absolute Gasteiger partial charge is 0.375 e. The minimum atomic E-state index is -0.758. The van der Waals surface area contributed by atoms with Crippen LogP contribution in [0.2, 0.25) is 0 Å². The van der Waals surface area contributed by atoms with Crippen LogP contribution in [-0.4, -0.2) is 20.0 Å². The topological polar surface area (TPSA) is 126 Å². The Balaban J connectivity index is 3.15. The highest BCUT2D eigenvalue weighted by Gasteiger charge is 2.18. The minimum absolute atomic E-state index is 0.285. The molecule has 0 radical (unpaired) electrons. The molecule has 0 amide bonds. The van der Waals surface area contributed by atoms with Crippen molar-refractivity contribution >= 4 is 11.6 Å². The summed E-state index contributed by atoms with van der Waals surface area (Å²) in [6.07, 6.45) is 0. The first kappa shape index (κ1) is 6.26. The predicted molar refractivity (Wildman–Crippen MR) is 31.2 cm³/mol. The average Bonchev–Trinajstić information content (AvgIpc) is 2.10. The average molecular weight is 144 g/mol. The second-order valence-electron chi connectivity index (χ2n) is 1.49. The molecule has 0 fully saturated rings. The van der Waals surface area contributed by atoms with Crippen molar-refractivity contribution in [3.8, 4) is 0 Å². The highest BCUT2D eigenvalue weighted by molar-refractivity contribution is 5.44. The van der Waals surface area contributed by atoms with Crippen LogP contribution < -0.4 is 11.6 Å². The van der Waals surface area contributed by atoms with Gasteiger partial charge in [0.15, 0.2) is 0 Å². The van der Waals surface area contributed by atoms with E-state index in [0.29, 0.717) is 4.91 Å². The normalized spacial score (nSPS) is 9.60. The minimum Gasteiger partial charge on any atom is -0.375 e. The predicted octanol–water partition coefficient (Wildman–Crippen LogP) is -1.52. The Morgan fingerprint density at radius 1 is 1.60 bits per heavy atom. The second kappa shape index (κ2) is 1.83. The molecule has 0 aromatic carbocycles. The van der Waals surface area contributed by atoms with Gasteiger partial charge >= 0.3 is 5.82 Å². The summed E-state index contributed by atoms with van der Waals surface area (Å²) in [5.41, 5.74) is 5.03. The highest BCUT2D eigenvalue weighted by Crippen LogP contribution is 2.11. The van der Waals surface area contributed by atoms with Gasteiger partial charge in [0.2, 0.25) is 0 Å². The van der Waals surface area contributed by atoms with Crippen LogP contribution in [-0.2, 0) is 0 Å². The van der Waals surface area contributed by atoms with E-state index >= 15 is 0 Å². The fraction of sp³-hybridized carbons (Fsp3) is 0. The van der Waals surface area contributed by atoms with E-state index in [0.717, 1.165) is 0 Å². The summed E-state index contributed by atoms with van der Waals surface area (Å²) in [4.78, 5) is 9.78. The van der Waals surface area contributed by atoms with Crippen LogP contribution in [0.1, 0.15) is 0 Å². The molecule has 0 spiro atoms. The van der Waals surface area contributed by atoms with Crippen molar-refractivity contribution < 1.29 is 4.92 Å². The van der Waals surface area contributed by atoms with Gasteiger partial charge in [-0.2, -0.15) is 0 Å². The van der Waals surface area contributed by atoms with Crippen LogP contribution in [0.15, 0.2) is 0 Å². The Labute approximate surface area is 54.5 Å². The number of rotatable bonds is 1. The number of aromatic nitrogens is 3. The van der Waals surface area contributed by atoms with E-state index in [9.17, 15) is 10.1 Å². The van der Waals surface area contributed by atoms with Crippen LogP contribution in [0.25, 0.3) is 0 Å². The number of nitrogens with zero attached hydrogens (tertiary/aromatic N) is 4. The molecule has 0 aliphatic heterocycles. The van der Waals surface area contributed by atoms with Crippen LogP contribution in [0.5, 0.6) is 0 Å². The van der Waals surface area contributed by atoms with E-state index in [4.69, 9.17) is 11.6 Å². The van der Waals surface area contributed by atoms with Gasteiger partial charge in [-0.25, -0.2) is 0 Å². The third-order valence-corrected chi connectivity index (χ3v) is 0.809. The molecule has 54 valence electrons. The molecule has 1 aromatic rings. The van der Waals surface area contributed by atoms with E-state index in [1.807, 2.05) is 0 Å². The lowest BCUT2D eigenvalue weighted by Gasteiger charge is -1.83. The summed E-state index contributed by atoms with van der Waals surface area (Å²) in [5.74, 6) is 4.12. The van der Waals surface area contributed by atoms with Crippen molar-refractivity contribution in [3.05, 3.63) is 10.1 Å². The Bertz CT molecular complexity index is 265. The number of nitrogens with two attached hydrogens (primary N) is 2. The van der Waals surface area contributed by atoms with Crippen LogP contribution in [0.3, 0.4) is 0 Å². The van der Waals surface area contributed by atoms with Gasteiger partial charge < -0.3 is 15.8 Å². The fourth-order valence-electron chi connectivity index (χ4n) is 0.456. The molecule has 1 aromatic heterocycles. The van der Waals surface area contributed by atoms with Crippen molar-refractivity contribution in [2.45, 2.75) is 0 Å². The number of nitrogen functional groups attached to an aromatic ring is 2. The fourth-order valence-corrected chi connectivity index (χ4v) is 0.456. The van der Waals surface area contributed by atoms with E-state index in [2.05, 4.69) is 10.2 Å². The summed E-state index contributed by atoms with van der Waals surface area (Å²) in [6, 6.07) is 0. The van der Waals surface area contributed by atoms with E-state index in [1.165, 1.54) is 0 Å². The third kappa shape index (κ3) is 0.811. The first-order valence-electron chi connectivity index (χ1n) is 2.23. The second-order valence-corrected chi connectivity index (χ2v) is 1.49. The molecule has 0 aliphatic carbocycles. The van der Waals surface area contributed by atoms with Gasteiger partial charge in [0.05, 0.1) is 0 Å². The molecule has 0 aliphatic rings. The van der Waals surface area contributed by atoms with Gasteiger partial charge in [-0.15, -0.1) is 0 Å². The standard InChI is InChI=1S/C2H4N6O2/c3-1-2(7(9)10)6-8(4)5-1/h4H2,(H2,3,5). The van der Waals surface area contributed by atoms with Crippen molar-refractivity contribution in [3.63, 3.8) is 0 Å². The van der Waals surface area contributed by atoms with E-state index < -0.39 is 10.7 Å². The summed E-state index contributed by atoms with van der Waals surface area (Å²) < 4.78 is 0. The van der Waals surface area contributed by atoms with Gasteiger partial charge in [0.1, 0.15) is 5.10 Å². The largest absolute Gasteiger partial charge is 0.436 e. The Morgan fingerprint density at radius 2 is 2.20 bits per heavy atom. The highest BCUT2D eigenvalue weighted by atomic mass is 16.6. The molecule has 0 atom stereocenters. The third-order valence-electron chi connectivity index (χ3n) is 0.809. The van der Waals surface area contributed by atoms with Gasteiger partial charge in [-0.3, -0.25) is 5.84 Å². The summed E-state index contributed by atoms with van der Waals surface area (Å²) in [5, 5.41) is 16.4. The molecule has 8 nitrogen and oxygen atoms in total. The van der Waals surface area contributed by atoms with Gasteiger partial charge in [0.25, 0.3) is 5.82 Å². The molecule has 8 heteroatoms. The monoisotopic (exact) mass is 144 g/mol. The number of hydrogen-bond acceptors (Lipinski definition) is 6. The Hall–Kier alpha value is -1.86. The maximum absolute atomic E-state index is 9.99. The summed E-state index contributed by atoms with van der Waals surface area (Å²) in [6.45, 7) is 0. The van der Waals surface area contributed by atoms with Crippen molar-refractivity contribution in [1.29, 1.82) is 0 Å². The van der Waals surface area contributed by atoms with Crippen LogP contribution in [0.4, 0.5) is 11.6 Å². The lowest BCUT2D eigenvalue weighted by atomic mass is 10.7. The Morgan fingerprint density at radius 3 is 2.40 bits per heavy atom. The van der Waals surface area contributed by atoms with E-state index in [1.54, 1.807) is 0 Å². The zero-order chi connectivity index (χ0) is 7.72. The molecular weight excluding hydrogens is 140 g/mol. The SMILES string of the molecule is Nc1nn(N)nc1[N+](=O)[O-]. The lowest BCUT2D eigenvalue weighted by molar-refractivity contribution is -0.388. The molecule has 0 saturated heterocycles. The zero-order valence-corrected chi connectivity index (χ0v) is 4.76. The van der Waals surface area contributed by atoms with Gasteiger partial charge in [0, 0.05) is 4.91 Å². The molecule has 0 bridgehead atoms. The van der Waals surface area contributed by atoms with Gasteiger partial charge in [-0.1, -0.05) is 5.10 Å². The molecule has 0 unspecified atom stereocenters. The first-order valence-corrected chi connectivity index (χ1v) is 2.23. The number of anilines is 1. The lowest BCUT2D eigenvalue weighted by Crippen LogP contribution is -2.12. The maximum Gasteiger partial charge on any atom is 0.436 e. The molecule has 1 heterocycles. The maximum atomic E-state index is 9.99. The molecule has 10 heavy (non-hydrogen) atoms. The molecule has 4 N–H and O–H groups in total. The summed E-state index contributed by atoms with van der Waals surface area (Å²) >= 11 is 0. The molecule has 1 rings (SSSR count).